The summed E-state index contributed by atoms with van der Waals surface area (Å²) >= 11 is 2.04. The highest BCUT2D eigenvalue weighted by atomic mass is 127. The third-order valence-corrected chi connectivity index (χ3v) is 4.34. The maximum atomic E-state index is 12.8. The number of halogens is 2. The number of hydrogen-bond acceptors (Lipinski definition) is 5. The molecule has 0 aliphatic rings. The van der Waals surface area contributed by atoms with Crippen LogP contribution in [-0.2, 0) is 25.5 Å². The summed E-state index contributed by atoms with van der Waals surface area (Å²) in [6.45, 7) is 4.77. The highest BCUT2D eigenvalue weighted by Gasteiger charge is 2.23. The molecule has 0 radical (unpaired) electrons. The van der Waals surface area contributed by atoms with Crippen LogP contribution in [0, 0.1) is 0 Å². The molecule has 5 nitrogen and oxygen atoms in total. The van der Waals surface area contributed by atoms with Crippen molar-refractivity contribution >= 4 is 34.5 Å². The number of alkyl halides is 2. The van der Waals surface area contributed by atoms with Crippen molar-refractivity contribution in [2.75, 3.05) is 20.3 Å². The Morgan fingerprint density at radius 2 is 2.00 bits per heavy atom. The molecule has 1 rings (SSSR count). The monoisotopic (exact) mass is 465 g/mol. The van der Waals surface area contributed by atoms with E-state index in [9.17, 15) is 14.0 Å². The predicted octanol–water partition coefficient (Wildman–Crippen LogP) is 3.15. The Morgan fingerprint density at radius 3 is 2.56 bits per heavy atom. The molecule has 0 amide bonds. The first-order valence-electron chi connectivity index (χ1n) is 7.98. The molecule has 7 heteroatoms. The Hall–Kier alpha value is -1.22. The molecule has 0 aromatic heterocycles. The lowest BCUT2D eigenvalue weighted by Crippen LogP contribution is -2.43. The summed E-state index contributed by atoms with van der Waals surface area (Å²) in [6.07, 6.45) is 0.332. The topological polar surface area (TPSA) is 64.6 Å². The number of carbonyl (C=O) groups is 2. The first kappa shape index (κ1) is 21.8. The second-order valence-corrected chi connectivity index (χ2v) is 8.12. The van der Waals surface area contributed by atoms with Gasteiger partial charge in [-0.1, -0.05) is 46.9 Å². The lowest BCUT2D eigenvalue weighted by Gasteiger charge is -2.21. The van der Waals surface area contributed by atoms with Gasteiger partial charge in [0.2, 0.25) is 0 Å². The molecule has 0 saturated carbocycles. The normalized spacial score (nSPS) is 13.8. The zero-order valence-corrected chi connectivity index (χ0v) is 17.1. The minimum Gasteiger partial charge on any atom is -0.468 e. The zero-order valence-electron chi connectivity index (χ0n) is 15.0. The smallest absolute Gasteiger partial charge is 0.323 e. The number of ether oxygens (including phenoxy) is 2. The van der Waals surface area contributed by atoms with Gasteiger partial charge in [0, 0.05) is 0 Å². The summed E-state index contributed by atoms with van der Waals surface area (Å²) in [5, 5.41) is 2.88. The molecular weight excluding hydrogens is 440 g/mol. The van der Waals surface area contributed by atoms with E-state index in [0.29, 0.717) is 6.42 Å². The fourth-order valence-electron chi connectivity index (χ4n) is 2.20. The Balaban J connectivity index is 2.77. The molecule has 0 aliphatic carbocycles. The Morgan fingerprint density at radius 1 is 1.32 bits per heavy atom. The number of rotatable bonds is 8. The Labute approximate surface area is 161 Å². The number of nitrogens with one attached hydrogen (secondary N) is 1. The van der Waals surface area contributed by atoms with E-state index in [4.69, 9.17) is 9.47 Å². The van der Waals surface area contributed by atoms with E-state index in [1.165, 1.54) is 7.11 Å². The third kappa shape index (κ3) is 8.13. The van der Waals surface area contributed by atoms with Crippen molar-refractivity contribution in [2.45, 2.75) is 42.8 Å². The fourth-order valence-corrected chi connectivity index (χ4v) is 2.59. The van der Waals surface area contributed by atoms with E-state index < -0.39 is 30.3 Å². The van der Waals surface area contributed by atoms with Gasteiger partial charge in [0.15, 0.2) is 0 Å². The molecule has 140 valence electrons. The van der Waals surface area contributed by atoms with Crippen LogP contribution < -0.4 is 5.32 Å². The minimum absolute atomic E-state index is 0.101. The summed E-state index contributed by atoms with van der Waals surface area (Å²) < 4.78 is 22.6. The quantitative estimate of drug-likeness (QED) is 0.363. The molecule has 0 heterocycles. The lowest BCUT2D eigenvalue weighted by molar-refractivity contribution is -0.154. The van der Waals surface area contributed by atoms with Crippen molar-refractivity contribution in [3.8, 4) is 0 Å². The van der Waals surface area contributed by atoms with E-state index in [2.05, 4.69) is 5.32 Å². The van der Waals surface area contributed by atoms with Crippen molar-refractivity contribution in [3.63, 3.8) is 0 Å². The molecule has 25 heavy (non-hydrogen) atoms. The molecule has 0 aliphatic heterocycles. The van der Waals surface area contributed by atoms with Gasteiger partial charge < -0.3 is 9.47 Å². The van der Waals surface area contributed by atoms with Crippen molar-refractivity contribution in [3.05, 3.63) is 35.4 Å². The van der Waals surface area contributed by atoms with Gasteiger partial charge in [0.05, 0.1) is 17.6 Å². The van der Waals surface area contributed by atoms with E-state index >= 15 is 0 Å². The van der Waals surface area contributed by atoms with Gasteiger partial charge in [-0.2, -0.15) is 0 Å². The van der Waals surface area contributed by atoms with Crippen LogP contribution in [0.3, 0.4) is 0 Å². The number of benzene rings is 1. The number of esters is 2. The molecule has 1 aromatic carbocycles. The molecule has 1 aromatic rings. The standard InChI is InChI=1S/C18H25FINO4/c1-18(2,3)25-16(22)11-21-15(17(23)24-4)9-12-6-5-7-13(8-12)14(20)10-19/h5-8,14-15,21H,9-11H2,1-4H3/t14-,15+/m1/s1. The average Bonchev–Trinajstić information content (AvgIpc) is 2.55. The number of carbonyl (C=O) groups excluding carboxylic acids is 2. The van der Waals surface area contributed by atoms with Gasteiger partial charge in [-0.25, -0.2) is 4.39 Å². The van der Waals surface area contributed by atoms with Crippen LogP contribution in [0.25, 0.3) is 0 Å². The summed E-state index contributed by atoms with van der Waals surface area (Å²) in [7, 11) is 1.30. The van der Waals surface area contributed by atoms with Crippen LogP contribution in [0.5, 0.6) is 0 Å². The van der Waals surface area contributed by atoms with E-state index in [-0.39, 0.29) is 10.5 Å². The average molecular weight is 465 g/mol. The summed E-state index contributed by atoms with van der Waals surface area (Å²) in [5.74, 6) is -0.912. The number of hydrogen-bond donors (Lipinski definition) is 1. The van der Waals surface area contributed by atoms with E-state index in [0.717, 1.165) is 11.1 Å². The van der Waals surface area contributed by atoms with Gasteiger partial charge in [-0.3, -0.25) is 14.9 Å². The molecule has 0 unspecified atom stereocenters. The molecule has 1 N–H and O–H groups in total. The Bertz CT molecular complexity index is 589. The first-order valence-corrected chi connectivity index (χ1v) is 9.22. The predicted molar refractivity (Wildman–Crippen MR) is 103 cm³/mol. The number of methoxy groups -OCH3 is 1. The molecule has 2 atom stereocenters. The van der Waals surface area contributed by atoms with Crippen molar-refractivity contribution in [1.82, 2.24) is 5.32 Å². The molecule has 0 fully saturated rings. The molecule has 0 spiro atoms. The van der Waals surface area contributed by atoms with Crippen LogP contribution in [0.15, 0.2) is 24.3 Å². The largest absolute Gasteiger partial charge is 0.468 e. The van der Waals surface area contributed by atoms with Crippen LogP contribution in [0.2, 0.25) is 0 Å². The maximum Gasteiger partial charge on any atom is 0.323 e. The fraction of sp³-hybridized carbons (Fsp3) is 0.556. The second kappa shape index (κ2) is 10.1. The van der Waals surface area contributed by atoms with E-state index in [1.807, 2.05) is 46.9 Å². The minimum atomic E-state index is -0.689. The van der Waals surface area contributed by atoms with Crippen molar-refractivity contribution in [2.24, 2.45) is 0 Å². The second-order valence-electron chi connectivity index (χ2n) is 6.61. The van der Waals surface area contributed by atoms with Gasteiger partial charge in [-0.05, 0) is 38.3 Å². The van der Waals surface area contributed by atoms with Gasteiger partial charge in [-0.15, -0.1) is 0 Å². The highest BCUT2D eigenvalue weighted by Crippen LogP contribution is 2.24. The zero-order chi connectivity index (χ0) is 19.0. The summed E-state index contributed by atoms with van der Waals surface area (Å²) in [6, 6.07) is 6.71. The van der Waals surface area contributed by atoms with Crippen LogP contribution in [0.1, 0.15) is 35.8 Å². The molecule has 0 bridgehead atoms. The van der Waals surface area contributed by atoms with Gasteiger partial charge in [0.25, 0.3) is 0 Å². The molecular formula is C18H25FINO4. The summed E-state index contributed by atoms with van der Waals surface area (Å²) in [5.41, 5.74) is 1.13. The van der Waals surface area contributed by atoms with Crippen molar-refractivity contribution in [1.29, 1.82) is 0 Å². The van der Waals surface area contributed by atoms with Crippen LogP contribution >= 0.6 is 22.6 Å². The lowest BCUT2D eigenvalue weighted by atomic mass is 10.0. The maximum absolute atomic E-state index is 12.8. The van der Waals surface area contributed by atoms with Crippen LogP contribution in [0.4, 0.5) is 4.39 Å². The van der Waals surface area contributed by atoms with Gasteiger partial charge in [0.1, 0.15) is 18.3 Å². The van der Waals surface area contributed by atoms with Gasteiger partial charge >= 0.3 is 11.9 Å². The first-order chi connectivity index (χ1) is 11.7. The van der Waals surface area contributed by atoms with E-state index in [1.54, 1.807) is 20.8 Å². The highest BCUT2D eigenvalue weighted by molar-refractivity contribution is 14.1. The summed E-state index contributed by atoms with van der Waals surface area (Å²) in [4.78, 5) is 23.8. The Kier molecular flexibility index (Phi) is 8.78. The third-order valence-electron chi connectivity index (χ3n) is 3.29. The van der Waals surface area contributed by atoms with Crippen LogP contribution in [-0.4, -0.2) is 43.9 Å². The molecule has 0 saturated heterocycles. The van der Waals surface area contributed by atoms with Crippen molar-refractivity contribution < 1.29 is 23.5 Å². The SMILES string of the molecule is COC(=O)[C@H](Cc1cccc([C@H](I)CF)c1)NCC(=O)OC(C)(C)C.